The summed E-state index contributed by atoms with van der Waals surface area (Å²) in [6, 6.07) is 6.74. The maximum atomic E-state index is 12.1. The van der Waals surface area contributed by atoms with Crippen LogP contribution in [0, 0.1) is 13.6 Å². The van der Waals surface area contributed by atoms with E-state index in [1.807, 2.05) is 6.92 Å². The molecule has 0 bridgehead atoms. The van der Waals surface area contributed by atoms with E-state index in [0.29, 0.717) is 0 Å². The molecule has 0 saturated carbocycles. The molecule has 2 radical (unpaired) electrons. The van der Waals surface area contributed by atoms with Gasteiger partial charge in [-0.05, 0) is 19.1 Å². The fraction of sp³-hybridized carbons (Fsp3) is 0.182. The van der Waals surface area contributed by atoms with Gasteiger partial charge in [-0.15, -0.1) is 0 Å². The van der Waals surface area contributed by atoms with E-state index in [1.165, 1.54) is 6.20 Å². The average Bonchev–Trinajstić information content (AvgIpc) is 2.66. The van der Waals surface area contributed by atoms with Crippen LogP contribution in [0.4, 0.5) is 0 Å². The first kappa shape index (κ1) is 11.0. The van der Waals surface area contributed by atoms with Crippen LogP contribution in [-0.2, 0) is 10.0 Å². The second-order valence-electron chi connectivity index (χ2n) is 3.62. The second kappa shape index (κ2) is 3.83. The maximum absolute atomic E-state index is 12.1. The third-order valence-corrected chi connectivity index (χ3v) is 3.85. The summed E-state index contributed by atoms with van der Waals surface area (Å²) in [7, 11) is -1.77. The normalized spacial score (nSPS) is 15.9. The Kier molecular flexibility index (Phi) is 2.63. The van der Waals surface area contributed by atoms with Crippen LogP contribution in [0.2, 0.25) is 0 Å². The van der Waals surface area contributed by atoms with Crippen LogP contribution in [-0.4, -0.2) is 24.7 Å². The van der Waals surface area contributed by atoms with Crippen LogP contribution in [0.5, 0.6) is 0 Å². The van der Waals surface area contributed by atoms with Gasteiger partial charge in [0, 0.05) is 19.4 Å². The summed E-state index contributed by atoms with van der Waals surface area (Å²) in [6.07, 6.45) is 3.10. The molecule has 16 heavy (non-hydrogen) atoms. The molecule has 0 aliphatic carbocycles. The monoisotopic (exact) mass is 236 g/mol. The Balaban J connectivity index is 2.33. The summed E-state index contributed by atoms with van der Waals surface area (Å²) >= 11 is 0. The van der Waals surface area contributed by atoms with Crippen molar-refractivity contribution in [2.75, 3.05) is 7.05 Å². The van der Waals surface area contributed by atoms with Crippen molar-refractivity contribution in [3.8, 4) is 0 Å². The molecule has 4 nitrogen and oxygen atoms in total. The molecule has 0 fully saturated rings. The van der Waals surface area contributed by atoms with Gasteiger partial charge < -0.3 is 4.90 Å². The van der Waals surface area contributed by atoms with Crippen molar-refractivity contribution in [1.29, 1.82) is 0 Å². The van der Waals surface area contributed by atoms with Gasteiger partial charge in [0.1, 0.15) is 0 Å². The molecule has 0 amide bonds. The van der Waals surface area contributed by atoms with Crippen LogP contribution in [0.3, 0.4) is 0 Å². The van der Waals surface area contributed by atoms with Gasteiger partial charge >= 0.3 is 0 Å². The molecular weight excluding hydrogens is 224 g/mol. The van der Waals surface area contributed by atoms with Crippen LogP contribution in [0.25, 0.3) is 0 Å². The number of rotatable bonds is 2. The van der Waals surface area contributed by atoms with Crippen LogP contribution in [0.15, 0.2) is 41.6 Å². The Hall–Kier alpha value is -1.49. The molecule has 0 atom stereocenters. The van der Waals surface area contributed by atoms with Crippen LogP contribution in [0.1, 0.15) is 5.56 Å². The summed E-state index contributed by atoms with van der Waals surface area (Å²) in [6.45, 7) is 4.59. The average molecular weight is 236 g/mol. The zero-order chi connectivity index (χ0) is 11.8. The van der Waals surface area contributed by atoms with Crippen molar-refractivity contribution in [2.45, 2.75) is 11.8 Å². The predicted octanol–water partition coefficient (Wildman–Crippen LogP) is 1.40. The summed E-state index contributed by atoms with van der Waals surface area (Å²) < 4.78 is 25.2. The number of benzene rings is 1. The van der Waals surface area contributed by atoms with Gasteiger partial charge in [-0.1, -0.05) is 17.7 Å². The lowest BCUT2D eigenvalue weighted by molar-refractivity contribution is 0.467. The SMILES string of the molecule is Cc1ccc(S(=O)(=O)N2[C]N(C)C=C2)cc1. The number of hydrogen-bond acceptors (Lipinski definition) is 3. The molecule has 0 N–H and O–H groups in total. The first-order valence-electron chi connectivity index (χ1n) is 4.79. The maximum Gasteiger partial charge on any atom is 0.266 e. The summed E-state index contributed by atoms with van der Waals surface area (Å²) in [5, 5.41) is 0. The lowest BCUT2D eigenvalue weighted by atomic mass is 10.2. The summed E-state index contributed by atoms with van der Waals surface area (Å²) in [5.74, 6) is 0. The van der Waals surface area contributed by atoms with Crippen molar-refractivity contribution in [2.24, 2.45) is 0 Å². The van der Waals surface area contributed by atoms with Gasteiger partial charge in [0.15, 0.2) is 0 Å². The molecule has 5 heteroatoms. The van der Waals surface area contributed by atoms with Gasteiger partial charge in [0.05, 0.1) is 4.90 Å². The zero-order valence-corrected chi connectivity index (χ0v) is 9.90. The molecule has 0 saturated heterocycles. The summed E-state index contributed by atoms with van der Waals surface area (Å²) in [5.41, 5.74) is 1.03. The molecule has 0 unspecified atom stereocenters. The summed E-state index contributed by atoms with van der Waals surface area (Å²) in [4.78, 5) is 1.83. The minimum atomic E-state index is -3.49. The molecule has 84 valence electrons. The van der Waals surface area contributed by atoms with E-state index >= 15 is 0 Å². The molecule has 1 heterocycles. The Bertz CT molecular complexity index is 505. The highest BCUT2D eigenvalue weighted by Gasteiger charge is 2.26. The van der Waals surface area contributed by atoms with E-state index in [2.05, 4.69) is 6.67 Å². The van der Waals surface area contributed by atoms with Crippen molar-refractivity contribution in [3.05, 3.63) is 48.9 Å². The molecule has 1 aliphatic heterocycles. The van der Waals surface area contributed by atoms with Gasteiger partial charge in [-0.25, -0.2) is 12.7 Å². The van der Waals surface area contributed by atoms with E-state index in [1.54, 1.807) is 42.4 Å². The van der Waals surface area contributed by atoms with Crippen LogP contribution < -0.4 is 0 Å². The number of sulfonamides is 1. The van der Waals surface area contributed by atoms with Crippen LogP contribution >= 0.6 is 0 Å². The van der Waals surface area contributed by atoms with Crippen molar-refractivity contribution >= 4 is 10.0 Å². The number of aryl methyl sites for hydroxylation is 1. The topological polar surface area (TPSA) is 40.6 Å². The third-order valence-electron chi connectivity index (χ3n) is 2.26. The van der Waals surface area contributed by atoms with Gasteiger partial charge in [0.25, 0.3) is 10.0 Å². The van der Waals surface area contributed by atoms with Crippen molar-refractivity contribution in [3.63, 3.8) is 0 Å². The van der Waals surface area contributed by atoms with Gasteiger partial charge in [-0.2, -0.15) is 0 Å². The minimum Gasteiger partial charge on any atom is -0.348 e. The molecule has 0 aromatic heterocycles. The van der Waals surface area contributed by atoms with E-state index in [9.17, 15) is 8.42 Å². The first-order chi connectivity index (χ1) is 7.50. The zero-order valence-electron chi connectivity index (χ0n) is 9.08. The Morgan fingerprint density at radius 2 is 1.75 bits per heavy atom. The molecule has 1 aromatic rings. The lowest BCUT2D eigenvalue weighted by Crippen LogP contribution is -2.24. The highest BCUT2D eigenvalue weighted by Crippen LogP contribution is 2.21. The highest BCUT2D eigenvalue weighted by molar-refractivity contribution is 7.89. The minimum absolute atomic E-state index is 0.269. The molecule has 2 rings (SSSR count). The lowest BCUT2D eigenvalue weighted by Gasteiger charge is -2.16. The first-order valence-corrected chi connectivity index (χ1v) is 6.23. The molecular formula is C11H12N2O2S. The Labute approximate surface area is 95.8 Å². The standard InChI is InChI=1S/C11H12N2O2S/c1-10-3-5-11(6-4-10)16(14,15)13-8-7-12(2)9-13/h3-8H,1-2H3. The second-order valence-corrected chi connectivity index (χ2v) is 5.44. The fourth-order valence-electron chi connectivity index (χ4n) is 1.34. The third kappa shape index (κ3) is 1.90. The Morgan fingerprint density at radius 3 is 2.25 bits per heavy atom. The smallest absolute Gasteiger partial charge is 0.266 e. The van der Waals surface area contributed by atoms with E-state index in [-0.39, 0.29) is 4.90 Å². The highest BCUT2D eigenvalue weighted by atomic mass is 32.2. The molecule has 1 aliphatic rings. The largest absolute Gasteiger partial charge is 0.348 e. The number of hydrogen-bond donors (Lipinski definition) is 0. The Morgan fingerprint density at radius 1 is 1.12 bits per heavy atom. The van der Waals surface area contributed by atoms with E-state index < -0.39 is 10.0 Å². The quantitative estimate of drug-likeness (QED) is 0.779. The fourth-order valence-corrected chi connectivity index (χ4v) is 2.50. The van der Waals surface area contributed by atoms with Crippen molar-refractivity contribution < 1.29 is 8.42 Å². The number of nitrogens with zero attached hydrogens (tertiary/aromatic N) is 2. The molecule has 0 spiro atoms. The van der Waals surface area contributed by atoms with Crippen molar-refractivity contribution in [1.82, 2.24) is 9.21 Å². The predicted molar refractivity (Wildman–Crippen MR) is 60.3 cm³/mol. The van der Waals surface area contributed by atoms with E-state index in [0.717, 1.165) is 9.87 Å². The van der Waals surface area contributed by atoms with Gasteiger partial charge in [0.2, 0.25) is 6.67 Å². The van der Waals surface area contributed by atoms with Gasteiger partial charge in [-0.3, -0.25) is 0 Å². The molecule has 1 aromatic carbocycles. The van der Waals surface area contributed by atoms with E-state index in [4.69, 9.17) is 0 Å².